The first-order valence-corrected chi connectivity index (χ1v) is 11.0. The number of carbonyl (C=O) groups is 1. The predicted octanol–water partition coefficient (Wildman–Crippen LogP) is 2.35. The first-order valence-electron chi connectivity index (χ1n) is 9.57. The van der Waals surface area contributed by atoms with Crippen molar-refractivity contribution in [2.75, 3.05) is 45.3 Å². The molecule has 1 amide bonds. The number of amides is 1. The van der Waals surface area contributed by atoms with Crippen LogP contribution in [0.15, 0.2) is 41.3 Å². The Morgan fingerprint density at radius 1 is 1.13 bits per heavy atom. The van der Waals surface area contributed by atoms with Gasteiger partial charge in [0.1, 0.15) is 11.5 Å². The van der Waals surface area contributed by atoms with Gasteiger partial charge in [0, 0.05) is 13.1 Å². The minimum Gasteiger partial charge on any atom is -0.495 e. The number of sulfonamides is 1. The second-order valence-corrected chi connectivity index (χ2v) is 8.87. The molecule has 2 aromatic carbocycles. The van der Waals surface area contributed by atoms with E-state index in [-0.39, 0.29) is 17.2 Å². The number of methoxy groups -OCH3 is 1. The Hall–Kier alpha value is -2.62. The molecule has 0 aliphatic carbocycles. The molecule has 1 aliphatic heterocycles. The first-order chi connectivity index (χ1) is 14.3. The number of aryl methyl sites for hydroxylation is 2. The lowest BCUT2D eigenvalue weighted by Crippen LogP contribution is -2.40. The van der Waals surface area contributed by atoms with Gasteiger partial charge in [-0.15, -0.1) is 0 Å². The van der Waals surface area contributed by atoms with E-state index in [4.69, 9.17) is 14.2 Å². The summed E-state index contributed by atoms with van der Waals surface area (Å²) in [4.78, 5) is 12.6. The molecule has 2 aromatic rings. The molecule has 1 heterocycles. The van der Waals surface area contributed by atoms with Crippen LogP contribution in [0.25, 0.3) is 0 Å². The molecule has 1 saturated heterocycles. The number of carbonyl (C=O) groups excluding carboxylic acids is 1. The minimum absolute atomic E-state index is 0.0798. The summed E-state index contributed by atoms with van der Waals surface area (Å²) in [6.45, 7) is 4.89. The second-order valence-electron chi connectivity index (χ2n) is 6.94. The van der Waals surface area contributed by atoms with Gasteiger partial charge in [-0.05, 0) is 43.2 Å². The minimum atomic E-state index is -3.70. The monoisotopic (exact) mass is 434 g/mol. The number of para-hydroxylation sites is 1. The van der Waals surface area contributed by atoms with Crippen LogP contribution in [0.4, 0.5) is 5.69 Å². The van der Waals surface area contributed by atoms with Gasteiger partial charge >= 0.3 is 0 Å². The molecule has 8 nitrogen and oxygen atoms in total. The van der Waals surface area contributed by atoms with Crippen molar-refractivity contribution in [2.24, 2.45) is 0 Å². The average Bonchev–Trinajstić information content (AvgIpc) is 2.74. The molecule has 0 saturated carbocycles. The van der Waals surface area contributed by atoms with E-state index in [0.29, 0.717) is 37.8 Å². The van der Waals surface area contributed by atoms with Gasteiger partial charge in [-0.3, -0.25) is 4.79 Å². The van der Waals surface area contributed by atoms with Crippen molar-refractivity contribution in [2.45, 2.75) is 18.7 Å². The van der Waals surface area contributed by atoms with E-state index >= 15 is 0 Å². The molecule has 0 radical (unpaired) electrons. The Bertz CT molecular complexity index is 996. The number of hydrogen-bond donors (Lipinski definition) is 1. The number of benzene rings is 2. The fourth-order valence-electron chi connectivity index (χ4n) is 3.23. The van der Waals surface area contributed by atoms with E-state index in [1.807, 2.05) is 32.0 Å². The van der Waals surface area contributed by atoms with Crippen LogP contribution in [0.5, 0.6) is 11.5 Å². The van der Waals surface area contributed by atoms with Crippen LogP contribution in [-0.2, 0) is 19.6 Å². The summed E-state index contributed by atoms with van der Waals surface area (Å²) < 4.78 is 43.4. The van der Waals surface area contributed by atoms with Crippen molar-refractivity contribution in [3.8, 4) is 11.5 Å². The summed E-state index contributed by atoms with van der Waals surface area (Å²) in [5.41, 5.74) is 2.12. The molecular weight excluding hydrogens is 408 g/mol. The average molecular weight is 435 g/mol. The summed E-state index contributed by atoms with van der Waals surface area (Å²) in [6, 6.07) is 10.1. The van der Waals surface area contributed by atoms with Gasteiger partial charge in [0.05, 0.1) is 30.9 Å². The highest BCUT2D eigenvalue weighted by atomic mass is 32.2. The zero-order valence-corrected chi connectivity index (χ0v) is 18.1. The van der Waals surface area contributed by atoms with E-state index in [2.05, 4.69) is 5.32 Å². The standard InChI is InChI=1S/C21H26N2O6S/c1-15-5-4-6-16(2)21(15)29-14-20(24)22-18-13-17(7-8-19(18)27-3)30(25,26)23-9-11-28-12-10-23/h4-8,13H,9-12,14H2,1-3H3,(H,22,24). The number of hydrogen-bond acceptors (Lipinski definition) is 6. The van der Waals surface area contributed by atoms with Crippen LogP contribution in [0.3, 0.4) is 0 Å². The molecule has 0 spiro atoms. The summed E-state index contributed by atoms with van der Waals surface area (Å²) in [5.74, 6) is 0.594. The fraction of sp³-hybridized carbons (Fsp3) is 0.381. The van der Waals surface area contributed by atoms with Gasteiger partial charge in [-0.1, -0.05) is 18.2 Å². The lowest BCUT2D eigenvalue weighted by molar-refractivity contribution is -0.118. The van der Waals surface area contributed by atoms with E-state index in [9.17, 15) is 13.2 Å². The predicted molar refractivity (Wildman–Crippen MR) is 113 cm³/mol. The zero-order valence-electron chi connectivity index (χ0n) is 17.3. The maximum absolute atomic E-state index is 12.9. The molecule has 9 heteroatoms. The normalized spacial score (nSPS) is 14.9. The second kappa shape index (κ2) is 9.46. The maximum Gasteiger partial charge on any atom is 0.262 e. The SMILES string of the molecule is COc1ccc(S(=O)(=O)N2CCOCC2)cc1NC(=O)COc1c(C)cccc1C. The maximum atomic E-state index is 12.9. The van der Waals surface area contributed by atoms with E-state index < -0.39 is 15.9 Å². The first kappa shape index (κ1) is 22.1. The highest BCUT2D eigenvalue weighted by molar-refractivity contribution is 7.89. The molecule has 30 heavy (non-hydrogen) atoms. The smallest absolute Gasteiger partial charge is 0.262 e. The Labute approximate surface area is 176 Å². The van der Waals surface area contributed by atoms with Crippen molar-refractivity contribution in [3.05, 3.63) is 47.5 Å². The van der Waals surface area contributed by atoms with Gasteiger partial charge in [-0.25, -0.2) is 8.42 Å². The van der Waals surface area contributed by atoms with Crippen LogP contribution in [0, 0.1) is 13.8 Å². The summed E-state index contributed by atoms with van der Waals surface area (Å²) >= 11 is 0. The summed E-state index contributed by atoms with van der Waals surface area (Å²) in [5, 5.41) is 2.69. The van der Waals surface area contributed by atoms with E-state index in [0.717, 1.165) is 11.1 Å². The number of rotatable bonds is 7. The number of anilines is 1. The molecule has 3 rings (SSSR count). The molecule has 0 unspecified atom stereocenters. The Balaban J connectivity index is 1.76. The topological polar surface area (TPSA) is 94.2 Å². The Kier molecular flexibility index (Phi) is 6.96. The third kappa shape index (κ3) is 4.92. The highest BCUT2D eigenvalue weighted by Crippen LogP contribution is 2.29. The number of nitrogens with zero attached hydrogens (tertiary/aromatic N) is 1. The molecule has 0 bridgehead atoms. The molecule has 1 fully saturated rings. The van der Waals surface area contributed by atoms with Crippen LogP contribution < -0.4 is 14.8 Å². The molecular formula is C21H26N2O6S. The molecule has 0 aromatic heterocycles. The van der Waals surface area contributed by atoms with Crippen LogP contribution in [0.1, 0.15) is 11.1 Å². The highest BCUT2D eigenvalue weighted by Gasteiger charge is 2.27. The van der Waals surface area contributed by atoms with Crippen molar-refractivity contribution >= 4 is 21.6 Å². The number of morpholine rings is 1. The van der Waals surface area contributed by atoms with Crippen LogP contribution >= 0.6 is 0 Å². The fourth-order valence-corrected chi connectivity index (χ4v) is 4.67. The summed E-state index contributed by atoms with van der Waals surface area (Å²) in [7, 11) is -2.24. The third-order valence-corrected chi connectivity index (χ3v) is 6.70. The molecule has 0 atom stereocenters. The number of ether oxygens (including phenoxy) is 3. The summed E-state index contributed by atoms with van der Waals surface area (Å²) in [6.07, 6.45) is 0. The van der Waals surface area contributed by atoms with Gasteiger partial charge in [0.25, 0.3) is 5.91 Å². The van der Waals surface area contributed by atoms with Gasteiger partial charge in [-0.2, -0.15) is 4.31 Å². The van der Waals surface area contributed by atoms with E-state index in [1.165, 1.54) is 29.6 Å². The lowest BCUT2D eigenvalue weighted by atomic mass is 10.1. The Morgan fingerprint density at radius 3 is 2.43 bits per heavy atom. The Morgan fingerprint density at radius 2 is 1.80 bits per heavy atom. The molecule has 1 aliphatic rings. The lowest BCUT2D eigenvalue weighted by Gasteiger charge is -2.26. The van der Waals surface area contributed by atoms with Crippen molar-refractivity contribution < 1.29 is 27.4 Å². The van der Waals surface area contributed by atoms with Crippen molar-refractivity contribution in [1.82, 2.24) is 4.31 Å². The van der Waals surface area contributed by atoms with Crippen molar-refractivity contribution in [3.63, 3.8) is 0 Å². The van der Waals surface area contributed by atoms with Crippen molar-refractivity contribution in [1.29, 1.82) is 0 Å². The van der Waals surface area contributed by atoms with Crippen LogP contribution in [-0.4, -0.2) is 58.7 Å². The number of nitrogens with one attached hydrogen (secondary N) is 1. The molecule has 1 N–H and O–H groups in total. The zero-order chi connectivity index (χ0) is 21.7. The van der Waals surface area contributed by atoms with E-state index in [1.54, 1.807) is 0 Å². The third-order valence-electron chi connectivity index (χ3n) is 4.81. The van der Waals surface area contributed by atoms with Gasteiger partial charge in [0.15, 0.2) is 6.61 Å². The van der Waals surface area contributed by atoms with Crippen LogP contribution in [0.2, 0.25) is 0 Å². The quantitative estimate of drug-likeness (QED) is 0.719. The van der Waals surface area contributed by atoms with Gasteiger partial charge < -0.3 is 19.5 Å². The largest absolute Gasteiger partial charge is 0.495 e. The molecule has 162 valence electrons. The van der Waals surface area contributed by atoms with Gasteiger partial charge in [0.2, 0.25) is 10.0 Å².